The molecule has 0 bridgehead atoms. The predicted octanol–water partition coefficient (Wildman–Crippen LogP) is 1.62. The second-order valence-electron chi connectivity index (χ2n) is 4.68. The number of rotatable bonds is 6. The third-order valence-corrected chi connectivity index (χ3v) is 3.38. The molecule has 1 aliphatic rings. The van der Waals surface area contributed by atoms with Gasteiger partial charge < -0.3 is 14.6 Å². The van der Waals surface area contributed by atoms with E-state index in [1.165, 1.54) is 19.0 Å². The molecule has 1 saturated heterocycles. The van der Waals surface area contributed by atoms with Crippen molar-refractivity contribution in [1.82, 2.24) is 10.2 Å². The summed E-state index contributed by atoms with van der Waals surface area (Å²) < 4.78 is 5.08. The molecule has 1 aliphatic heterocycles. The highest BCUT2D eigenvalue weighted by atomic mass is 16.6. The lowest BCUT2D eigenvalue weighted by molar-refractivity contribution is -0.402. The molecule has 6 nitrogen and oxygen atoms in total. The van der Waals surface area contributed by atoms with Crippen LogP contribution in [0.3, 0.4) is 0 Å². The van der Waals surface area contributed by atoms with E-state index in [0.717, 1.165) is 19.6 Å². The molecular weight excluding hydrogens is 234 g/mol. The van der Waals surface area contributed by atoms with Crippen LogP contribution in [-0.2, 0) is 6.54 Å². The summed E-state index contributed by atoms with van der Waals surface area (Å²) in [6.07, 6.45) is 1.22. The first-order valence-electron chi connectivity index (χ1n) is 6.35. The van der Waals surface area contributed by atoms with Crippen molar-refractivity contribution in [1.29, 1.82) is 0 Å². The van der Waals surface area contributed by atoms with Crippen molar-refractivity contribution in [3.05, 3.63) is 28.0 Å². The first kappa shape index (κ1) is 13.0. The molecule has 0 radical (unpaired) electrons. The molecule has 1 atom stereocenters. The maximum atomic E-state index is 10.5. The summed E-state index contributed by atoms with van der Waals surface area (Å²) >= 11 is 0. The molecule has 1 N–H and O–H groups in total. The third kappa shape index (κ3) is 3.30. The second kappa shape index (κ2) is 5.97. The molecule has 0 aliphatic carbocycles. The van der Waals surface area contributed by atoms with Crippen molar-refractivity contribution < 1.29 is 9.34 Å². The van der Waals surface area contributed by atoms with Crippen LogP contribution in [0.15, 0.2) is 16.5 Å². The van der Waals surface area contributed by atoms with Crippen LogP contribution in [0, 0.1) is 16.0 Å². The molecule has 0 spiro atoms. The van der Waals surface area contributed by atoms with Gasteiger partial charge in [-0.25, -0.2) is 0 Å². The molecule has 2 rings (SSSR count). The van der Waals surface area contributed by atoms with Gasteiger partial charge in [-0.15, -0.1) is 0 Å². The van der Waals surface area contributed by atoms with Crippen molar-refractivity contribution in [2.75, 3.05) is 26.2 Å². The Kier molecular flexibility index (Phi) is 4.33. The number of furan rings is 1. The average molecular weight is 253 g/mol. The van der Waals surface area contributed by atoms with E-state index in [4.69, 9.17) is 4.42 Å². The highest BCUT2D eigenvalue weighted by Gasteiger charge is 2.20. The monoisotopic (exact) mass is 253 g/mol. The molecule has 1 aromatic rings. The highest BCUT2D eigenvalue weighted by Crippen LogP contribution is 2.17. The van der Waals surface area contributed by atoms with Crippen molar-refractivity contribution in [2.24, 2.45) is 5.92 Å². The predicted molar refractivity (Wildman–Crippen MR) is 67.3 cm³/mol. The van der Waals surface area contributed by atoms with Gasteiger partial charge in [0, 0.05) is 6.54 Å². The molecule has 1 fully saturated rings. The van der Waals surface area contributed by atoms with Crippen LogP contribution in [0.5, 0.6) is 0 Å². The molecule has 1 aromatic heterocycles. The van der Waals surface area contributed by atoms with Crippen LogP contribution in [0.4, 0.5) is 5.88 Å². The summed E-state index contributed by atoms with van der Waals surface area (Å²) in [7, 11) is 0. The number of nitrogens with zero attached hydrogens (tertiary/aromatic N) is 2. The fourth-order valence-corrected chi connectivity index (χ4v) is 2.33. The Morgan fingerprint density at radius 3 is 3.06 bits per heavy atom. The van der Waals surface area contributed by atoms with E-state index in [1.807, 2.05) is 0 Å². The molecule has 6 heteroatoms. The Labute approximate surface area is 106 Å². The van der Waals surface area contributed by atoms with Crippen LogP contribution in [-0.4, -0.2) is 36.0 Å². The zero-order valence-corrected chi connectivity index (χ0v) is 10.6. The van der Waals surface area contributed by atoms with Crippen molar-refractivity contribution in [3.8, 4) is 0 Å². The Morgan fingerprint density at radius 2 is 2.44 bits per heavy atom. The summed E-state index contributed by atoms with van der Waals surface area (Å²) in [5, 5.41) is 13.7. The van der Waals surface area contributed by atoms with Gasteiger partial charge in [0.25, 0.3) is 0 Å². The minimum absolute atomic E-state index is 0.190. The lowest BCUT2D eigenvalue weighted by atomic mass is 10.1. The zero-order valence-electron chi connectivity index (χ0n) is 10.6. The number of nitro groups is 1. The summed E-state index contributed by atoms with van der Waals surface area (Å²) in [6.45, 7) is 7.09. The fourth-order valence-electron chi connectivity index (χ4n) is 2.33. The molecule has 2 heterocycles. The van der Waals surface area contributed by atoms with Gasteiger partial charge >= 0.3 is 5.88 Å². The smallest absolute Gasteiger partial charge is 0.404 e. The van der Waals surface area contributed by atoms with Gasteiger partial charge in [-0.05, 0) is 38.0 Å². The van der Waals surface area contributed by atoms with Gasteiger partial charge in [0.2, 0.25) is 0 Å². The van der Waals surface area contributed by atoms with Crippen LogP contribution < -0.4 is 5.32 Å². The number of likely N-dealkylation sites (tertiary alicyclic amines) is 1. The Hall–Kier alpha value is -1.40. The number of nitrogens with one attached hydrogen (secondary N) is 1. The third-order valence-electron chi connectivity index (χ3n) is 3.38. The maximum Gasteiger partial charge on any atom is 0.433 e. The Morgan fingerprint density at radius 1 is 1.61 bits per heavy atom. The summed E-state index contributed by atoms with van der Waals surface area (Å²) in [6, 6.07) is 3.05. The van der Waals surface area contributed by atoms with Gasteiger partial charge in [-0.1, -0.05) is 6.92 Å². The summed E-state index contributed by atoms with van der Waals surface area (Å²) in [5.74, 6) is 1.10. The lowest BCUT2D eigenvalue weighted by Gasteiger charge is -2.13. The molecule has 0 aromatic carbocycles. The van der Waals surface area contributed by atoms with Gasteiger partial charge in [-0.3, -0.25) is 10.1 Å². The summed E-state index contributed by atoms with van der Waals surface area (Å²) in [4.78, 5) is 12.4. The normalized spacial score (nSPS) is 20.4. The SMILES string of the molecule is CCN1CCC(CNCc2ccc([N+](=O)[O-])o2)C1. The van der Waals surface area contributed by atoms with Crippen LogP contribution in [0.1, 0.15) is 19.1 Å². The molecule has 100 valence electrons. The van der Waals surface area contributed by atoms with Crippen LogP contribution in [0.2, 0.25) is 0 Å². The van der Waals surface area contributed by atoms with Crippen molar-refractivity contribution >= 4 is 5.88 Å². The van der Waals surface area contributed by atoms with Crippen LogP contribution >= 0.6 is 0 Å². The molecule has 0 amide bonds. The Bertz CT molecular complexity index is 405. The van der Waals surface area contributed by atoms with E-state index in [0.29, 0.717) is 18.2 Å². The molecule has 1 unspecified atom stereocenters. The average Bonchev–Trinajstić information content (AvgIpc) is 2.97. The van der Waals surface area contributed by atoms with E-state index in [-0.39, 0.29) is 5.88 Å². The minimum atomic E-state index is -0.514. The topological polar surface area (TPSA) is 71.5 Å². The van der Waals surface area contributed by atoms with Crippen LogP contribution in [0.25, 0.3) is 0 Å². The second-order valence-corrected chi connectivity index (χ2v) is 4.68. The van der Waals surface area contributed by atoms with Gasteiger partial charge in [0.15, 0.2) is 0 Å². The summed E-state index contributed by atoms with van der Waals surface area (Å²) in [5.41, 5.74) is 0. The van der Waals surface area contributed by atoms with E-state index in [9.17, 15) is 10.1 Å². The fraction of sp³-hybridized carbons (Fsp3) is 0.667. The maximum absolute atomic E-state index is 10.5. The minimum Gasteiger partial charge on any atom is -0.404 e. The Balaban J connectivity index is 1.70. The quantitative estimate of drug-likeness (QED) is 0.616. The molecular formula is C12H19N3O3. The molecule has 18 heavy (non-hydrogen) atoms. The van der Waals surface area contributed by atoms with Gasteiger partial charge in [-0.2, -0.15) is 0 Å². The highest BCUT2D eigenvalue weighted by molar-refractivity contribution is 5.17. The molecule has 0 saturated carbocycles. The number of hydrogen-bond acceptors (Lipinski definition) is 5. The number of hydrogen-bond donors (Lipinski definition) is 1. The van der Waals surface area contributed by atoms with E-state index in [1.54, 1.807) is 6.07 Å². The van der Waals surface area contributed by atoms with E-state index >= 15 is 0 Å². The van der Waals surface area contributed by atoms with Gasteiger partial charge in [0.1, 0.15) is 10.7 Å². The first-order valence-corrected chi connectivity index (χ1v) is 6.35. The van der Waals surface area contributed by atoms with Crippen molar-refractivity contribution in [3.63, 3.8) is 0 Å². The van der Waals surface area contributed by atoms with E-state index in [2.05, 4.69) is 17.1 Å². The standard InChI is InChI=1S/C12H19N3O3/c1-2-14-6-5-10(9-14)7-13-8-11-3-4-12(18-11)15(16)17/h3-4,10,13H,2,5-9H2,1H3. The largest absolute Gasteiger partial charge is 0.433 e. The van der Waals surface area contributed by atoms with Gasteiger partial charge in [0.05, 0.1) is 12.6 Å². The first-order chi connectivity index (χ1) is 8.69. The van der Waals surface area contributed by atoms with E-state index < -0.39 is 4.92 Å². The zero-order chi connectivity index (χ0) is 13.0. The lowest BCUT2D eigenvalue weighted by Crippen LogP contribution is -2.26. The van der Waals surface area contributed by atoms with Crippen molar-refractivity contribution in [2.45, 2.75) is 19.9 Å².